The minimum absolute atomic E-state index is 0.0906. The van der Waals surface area contributed by atoms with E-state index in [1.165, 1.54) is 0 Å². The predicted molar refractivity (Wildman–Crippen MR) is 57.4 cm³/mol. The quantitative estimate of drug-likeness (QED) is 0.737. The van der Waals surface area contributed by atoms with E-state index in [4.69, 9.17) is 23.1 Å². The lowest BCUT2D eigenvalue weighted by Gasteiger charge is -2.08. The number of ketones is 1. The molecule has 4 heteroatoms. The fraction of sp³-hybridized carbons (Fsp3) is 0.300. The highest BCUT2D eigenvalue weighted by Crippen LogP contribution is 2.11. The fourth-order valence-corrected chi connectivity index (χ4v) is 1.26. The van der Waals surface area contributed by atoms with E-state index in [0.717, 1.165) is 0 Å². The van der Waals surface area contributed by atoms with Crippen molar-refractivity contribution >= 4 is 17.4 Å². The fourth-order valence-electron chi connectivity index (χ4n) is 1.14. The van der Waals surface area contributed by atoms with Crippen molar-refractivity contribution in [3.05, 3.63) is 34.9 Å². The summed E-state index contributed by atoms with van der Waals surface area (Å²) in [6, 6.07) is 6.16. The molecule has 0 saturated heterocycles. The zero-order valence-electron chi connectivity index (χ0n) is 7.74. The Hall–Kier alpha value is -0.900. The Balaban J connectivity index is 2.74. The van der Waals surface area contributed by atoms with Gasteiger partial charge in [0.15, 0.2) is 5.78 Å². The number of rotatable bonds is 4. The smallest absolute Gasteiger partial charge is 0.179 e. The van der Waals surface area contributed by atoms with Gasteiger partial charge in [-0.2, -0.15) is 0 Å². The molecule has 0 aliphatic rings. The first-order chi connectivity index (χ1) is 6.65. The minimum atomic E-state index is -0.513. The van der Waals surface area contributed by atoms with E-state index in [2.05, 4.69) is 0 Å². The van der Waals surface area contributed by atoms with Crippen LogP contribution in [0.25, 0.3) is 0 Å². The zero-order chi connectivity index (χ0) is 10.6. The van der Waals surface area contributed by atoms with Crippen LogP contribution in [0.15, 0.2) is 24.3 Å². The van der Waals surface area contributed by atoms with Crippen molar-refractivity contribution < 1.29 is 4.79 Å². The molecule has 0 heterocycles. The first-order valence-electron chi connectivity index (χ1n) is 4.40. The van der Waals surface area contributed by atoms with Gasteiger partial charge in [0.2, 0.25) is 0 Å². The summed E-state index contributed by atoms with van der Waals surface area (Å²) in [5, 5.41) is 0.606. The van der Waals surface area contributed by atoms with E-state index in [1.807, 2.05) is 0 Å². The Kier molecular flexibility index (Phi) is 4.07. The number of nitrogens with two attached hydrogens (primary N) is 2. The van der Waals surface area contributed by atoms with Gasteiger partial charge < -0.3 is 11.5 Å². The lowest BCUT2D eigenvalue weighted by molar-refractivity contribution is 0.0958. The molecule has 0 bridgehead atoms. The van der Waals surface area contributed by atoms with Gasteiger partial charge in [-0.05, 0) is 37.2 Å². The number of halogens is 1. The summed E-state index contributed by atoms with van der Waals surface area (Å²) in [4.78, 5) is 11.6. The van der Waals surface area contributed by atoms with Crippen LogP contribution in [0, 0.1) is 0 Å². The molecule has 0 fully saturated rings. The van der Waals surface area contributed by atoms with Gasteiger partial charge in [0, 0.05) is 10.6 Å². The van der Waals surface area contributed by atoms with Gasteiger partial charge in [0.05, 0.1) is 6.04 Å². The van der Waals surface area contributed by atoms with E-state index < -0.39 is 6.04 Å². The molecular weight excluding hydrogens is 200 g/mol. The van der Waals surface area contributed by atoms with Crippen LogP contribution < -0.4 is 11.5 Å². The van der Waals surface area contributed by atoms with Crippen LogP contribution in [0.4, 0.5) is 0 Å². The molecule has 0 saturated carbocycles. The second-order valence-electron chi connectivity index (χ2n) is 3.05. The Morgan fingerprint density at radius 3 is 2.43 bits per heavy atom. The second-order valence-corrected chi connectivity index (χ2v) is 3.49. The summed E-state index contributed by atoms with van der Waals surface area (Å²) >= 11 is 5.69. The summed E-state index contributed by atoms with van der Waals surface area (Å²) < 4.78 is 0. The minimum Gasteiger partial charge on any atom is -0.330 e. The van der Waals surface area contributed by atoms with Crippen molar-refractivity contribution in [3.8, 4) is 0 Å². The SMILES string of the molecule is NCCC(N)C(=O)c1ccc(Cl)cc1. The first kappa shape index (κ1) is 11.2. The highest BCUT2D eigenvalue weighted by atomic mass is 35.5. The molecule has 14 heavy (non-hydrogen) atoms. The molecule has 3 nitrogen and oxygen atoms in total. The molecule has 0 aliphatic carbocycles. The summed E-state index contributed by atoms with van der Waals surface area (Å²) in [6.07, 6.45) is 0.501. The van der Waals surface area contributed by atoms with Crippen LogP contribution in [0.5, 0.6) is 0 Å². The Morgan fingerprint density at radius 2 is 1.93 bits per heavy atom. The van der Waals surface area contributed by atoms with Crippen LogP contribution in [0.1, 0.15) is 16.8 Å². The van der Waals surface area contributed by atoms with Crippen molar-refractivity contribution in [2.24, 2.45) is 11.5 Å². The van der Waals surface area contributed by atoms with Crippen LogP contribution in [0.2, 0.25) is 5.02 Å². The van der Waals surface area contributed by atoms with E-state index in [0.29, 0.717) is 23.6 Å². The maximum Gasteiger partial charge on any atom is 0.179 e. The molecule has 4 N–H and O–H groups in total. The van der Waals surface area contributed by atoms with Gasteiger partial charge in [-0.15, -0.1) is 0 Å². The van der Waals surface area contributed by atoms with Crippen molar-refractivity contribution in [1.29, 1.82) is 0 Å². The Labute approximate surface area is 88.0 Å². The van der Waals surface area contributed by atoms with Crippen molar-refractivity contribution in [1.82, 2.24) is 0 Å². The predicted octanol–water partition coefficient (Wildman–Crippen LogP) is 1.20. The Bertz CT molecular complexity index is 310. The van der Waals surface area contributed by atoms with Gasteiger partial charge in [-0.3, -0.25) is 4.79 Å². The molecule has 0 aromatic heterocycles. The summed E-state index contributed by atoms with van der Waals surface area (Å²) in [6.45, 7) is 0.417. The lowest BCUT2D eigenvalue weighted by atomic mass is 10.0. The van der Waals surface area contributed by atoms with E-state index in [9.17, 15) is 4.79 Å². The molecule has 0 radical (unpaired) electrons. The van der Waals surface area contributed by atoms with E-state index >= 15 is 0 Å². The van der Waals surface area contributed by atoms with Crippen LogP contribution >= 0.6 is 11.6 Å². The third kappa shape index (κ3) is 2.80. The standard InChI is InChI=1S/C10H13ClN2O/c11-8-3-1-7(2-4-8)10(14)9(13)5-6-12/h1-4,9H,5-6,12-13H2. The van der Waals surface area contributed by atoms with Gasteiger partial charge in [-0.1, -0.05) is 11.6 Å². The summed E-state index contributed by atoms with van der Waals surface area (Å²) in [5.41, 5.74) is 11.5. The maximum atomic E-state index is 11.6. The monoisotopic (exact) mass is 212 g/mol. The third-order valence-electron chi connectivity index (χ3n) is 1.94. The number of carbonyl (C=O) groups excluding carboxylic acids is 1. The topological polar surface area (TPSA) is 69.1 Å². The number of hydrogen-bond donors (Lipinski definition) is 2. The normalized spacial score (nSPS) is 12.5. The molecule has 1 aromatic carbocycles. The van der Waals surface area contributed by atoms with Crippen LogP contribution in [0.3, 0.4) is 0 Å². The van der Waals surface area contributed by atoms with E-state index in [1.54, 1.807) is 24.3 Å². The molecule has 1 unspecified atom stereocenters. The lowest BCUT2D eigenvalue weighted by Crippen LogP contribution is -2.32. The highest BCUT2D eigenvalue weighted by molar-refractivity contribution is 6.30. The number of hydrogen-bond acceptors (Lipinski definition) is 3. The van der Waals surface area contributed by atoms with Crippen molar-refractivity contribution in [2.45, 2.75) is 12.5 Å². The molecule has 0 amide bonds. The van der Waals surface area contributed by atoms with Crippen molar-refractivity contribution in [3.63, 3.8) is 0 Å². The van der Waals surface area contributed by atoms with Gasteiger partial charge in [0.1, 0.15) is 0 Å². The average Bonchev–Trinajstić information content (AvgIpc) is 2.18. The number of carbonyl (C=O) groups is 1. The van der Waals surface area contributed by atoms with Gasteiger partial charge >= 0.3 is 0 Å². The largest absolute Gasteiger partial charge is 0.330 e. The van der Waals surface area contributed by atoms with Crippen LogP contribution in [-0.4, -0.2) is 18.4 Å². The van der Waals surface area contributed by atoms with Gasteiger partial charge in [-0.25, -0.2) is 0 Å². The molecule has 1 aromatic rings. The third-order valence-corrected chi connectivity index (χ3v) is 2.20. The highest BCUT2D eigenvalue weighted by Gasteiger charge is 2.14. The molecule has 1 atom stereocenters. The van der Waals surface area contributed by atoms with Gasteiger partial charge in [0.25, 0.3) is 0 Å². The van der Waals surface area contributed by atoms with E-state index in [-0.39, 0.29) is 5.78 Å². The average molecular weight is 213 g/mol. The molecule has 1 rings (SSSR count). The maximum absolute atomic E-state index is 11.6. The molecular formula is C10H13ClN2O. The molecule has 0 aliphatic heterocycles. The molecule has 0 spiro atoms. The Morgan fingerprint density at radius 1 is 1.36 bits per heavy atom. The number of Topliss-reactive ketones (excluding diaryl/α,β-unsaturated/α-hetero) is 1. The van der Waals surface area contributed by atoms with Crippen molar-refractivity contribution in [2.75, 3.05) is 6.54 Å². The summed E-state index contributed by atoms with van der Waals surface area (Å²) in [5.74, 6) is -0.0906. The van der Waals surface area contributed by atoms with Crippen LogP contribution in [-0.2, 0) is 0 Å². The molecule has 76 valence electrons. The zero-order valence-corrected chi connectivity index (χ0v) is 8.50. The number of benzene rings is 1. The first-order valence-corrected chi connectivity index (χ1v) is 4.78. The second kappa shape index (κ2) is 5.10. The summed E-state index contributed by atoms with van der Waals surface area (Å²) in [7, 11) is 0.